The molecule has 1 aromatic carbocycles. The molecule has 1 atom stereocenters. The molecule has 1 aromatic rings. The van der Waals surface area contributed by atoms with Crippen molar-refractivity contribution >= 4 is 25.8 Å². The van der Waals surface area contributed by atoms with E-state index in [4.69, 9.17) is 5.73 Å². The van der Waals surface area contributed by atoms with Gasteiger partial charge in [-0.15, -0.1) is 0 Å². The minimum atomic E-state index is -2.86. The second kappa shape index (κ2) is 7.26. The first kappa shape index (κ1) is 15.7. The highest BCUT2D eigenvalue weighted by Crippen LogP contribution is 2.22. The molecule has 0 aliphatic heterocycles. The summed E-state index contributed by atoms with van der Waals surface area (Å²) in [5.74, 6) is 0.722. The normalized spacial score (nSPS) is 13.5. The number of benzene rings is 1. The van der Waals surface area contributed by atoms with Crippen LogP contribution in [-0.2, 0) is 9.84 Å². The van der Waals surface area contributed by atoms with Crippen molar-refractivity contribution in [3.8, 4) is 0 Å². The van der Waals surface area contributed by atoms with Crippen LogP contribution in [0.15, 0.2) is 28.7 Å². The van der Waals surface area contributed by atoms with Crippen molar-refractivity contribution < 1.29 is 8.42 Å². The molecule has 102 valence electrons. The Hall–Kier alpha value is -0.390. The maximum Gasteiger partial charge on any atom is 0.150 e. The quantitative estimate of drug-likeness (QED) is 0.834. The van der Waals surface area contributed by atoms with Crippen molar-refractivity contribution in [1.29, 1.82) is 0 Å². The van der Waals surface area contributed by atoms with E-state index in [9.17, 15) is 8.42 Å². The van der Waals surface area contributed by atoms with Crippen molar-refractivity contribution in [2.75, 3.05) is 18.1 Å². The lowest BCUT2D eigenvalue weighted by Crippen LogP contribution is -2.15. The molecular formula is C13H20BrNO2S. The molecule has 0 radical (unpaired) electrons. The first-order valence-corrected chi connectivity index (χ1v) is 8.76. The SMILES string of the molecule is CCS(=O)(=O)CCCC(CN)c1ccc(Br)cc1. The fourth-order valence-electron chi connectivity index (χ4n) is 1.85. The largest absolute Gasteiger partial charge is 0.330 e. The number of halogens is 1. The van der Waals surface area contributed by atoms with Gasteiger partial charge in [-0.05, 0) is 43.0 Å². The predicted octanol–water partition coefficient (Wildman–Crippen LogP) is 2.71. The molecule has 0 aliphatic rings. The molecule has 0 aliphatic carbocycles. The third kappa shape index (κ3) is 5.08. The van der Waals surface area contributed by atoms with Crippen LogP contribution in [0.1, 0.15) is 31.2 Å². The Bertz CT molecular complexity index is 456. The Balaban J connectivity index is 2.55. The molecule has 5 heteroatoms. The average molecular weight is 334 g/mol. The van der Waals surface area contributed by atoms with Crippen molar-refractivity contribution in [3.63, 3.8) is 0 Å². The topological polar surface area (TPSA) is 60.2 Å². The van der Waals surface area contributed by atoms with Crippen LogP contribution in [-0.4, -0.2) is 26.5 Å². The van der Waals surface area contributed by atoms with Gasteiger partial charge in [0.2, 0.25) is 0 Å². The third-order valence-electron chi connectivity index (χ3n) is 3.07. The number of hydrogen-bond acceptors (Lipinski definition) is 3. The van der Waals surface area contributed by atoms with E-state index < -0.39 is 9.84 Å². The average Bonchev–Trinajstić information content (AvgIpc) is 2.36. The summed E-state index contributed by atoms with van der Waals surface area (Å²) in [5, 5.41) is 0. The van der Waals surface area contributed by atoms with Gasteiger partial charge in [0.05, 0.1) is 5.75 Å². The van der Waals surface area contributed by atoms with E-state index in [0.29, 0.717) is 13.0 Å². The van der Waals surface area contributed by atoms with E-state index in [1.807, 2.05) is 24.3 Å². The molecule has 1 rings (SSSR count). The summed E-state index contributed by atoms with van der Waals surface area (Å²) in [4.78, 5) is 0. The van der Waals surface area contributed by atoms with Crippen LogP contribution in [0.25, 0.3) is 0 Å². The van der Waals surface area contributed by atoms with Crippen molar-refractivity contribution in [2.24, 2.45) is 5.73 Å². The van der Waals surface area contributed by atoms with Gasteiger partial charge in [-0.2, -0.15) is 0 Å². The number of nitrogens with two attached hydrogens (primary N) is 1. The Labute approximate surface area is 118 Å². The smallest absolute Gasteiger partial charge is 0.150 e. The zero-order valence-corrected chi connectivity index (χ0v) is 13.0. The van der Waals surface area contributed by atoms with E-state index in [-0.39, 0.29) is 17.4 Å². The van der Waals surface area contributed by atoms with Crippen LogP contribution in [0.5, 0.6) is 0 Å². The van der Waals surface area contributed by atoms with Gasteiger partial charge < -0.3 is 5.73 Å². The van der Waals surface area contributed by atoms with Crippen LogP contribution >= 0.6 is 15.9 Å². The highest BCUT2D eigenvalue weighted by atomic mass is 79.9. The van der Waals surface area contributed by atoms with Crippen LogP contribution in [0.3, 0.4) is 0 Å². The van der Waals surface area contributed by atoms with Gasteiger partial charge in [-0.1, -0.05) is 35.0 Å². The van der Waals surface area contributed by atoms with Crippen LogP contribution in [0, 0.1) is 0 Å². The van der Waals surface area contributed by atoms with Gasteiger partial charge in [0.1, 0.15) is 9.84 Å². The molecule has 0 aromatic heterocycles. The van der Waals surface area contributed by atoms with Crippen molar-refractivity contribution in [1.82, 2.24) is 0 Å². The fourth-order valence-corrected chi connectivity index (χ4v) is 3.01. The molecule has 3 nitrogen and oxygen atoms in total. The van der Waals surface area contributed by atoms with Gasteiger partial charge in [0.15, 0.2) is 0 Å². The van der Waals surface area contributed by atoms with Gasteiger partial charge in [-0.25, -0.2) is 8.42 Å². The summed E-state index contributed by atoms with van der Waals surface area (Å²) in [5.41, 5.74) is 6.94. The summed E-state index contributed by atoms with van der Waals surface area (Å²) in [6, 6.07) is 8.05. The lowest BCUT2D eigenvalue weighted by Gasteiger charge is -2.15. The van der Waals surface area contributed by atoms with Gasteiger partial charge in [0.25, 0.3) is 0 Å². The summed E-state index contributed by atoms with van der Waals surface area (Å²) in [7, 11) is -2.86. The molecule has 0 amide bonds. The van der Waals surface area contributed by atoms with Crippen LogP contribution in [0.4, 0.5) is 0 Å². The second-order valence-corrected chi connectivity index (χ2v) is 7.75. The molecule has 18 heavy (non-hydrogen) atoms. The predicted molar refractivity (Wildman–Crippen MR) is 79.5 cm³/mol. The minimum absolute atomic E-state index is 0.221. The molecule has 0 bridgehead atoms. The van der Waals surface area contributed by atoms with Gasteiger partial charge in [-0.3, -0.25) is 0 Å². The number of hydrogen-bond donors (Lipinski definition) is 1. The molecule has 0 heterocycles. The molecule has 0 spiro atoms. The van der Waals surface area contributed by atoms with E-state index in [2.05, 4.69) is 15.9 Å². The standard InChI is InChI=1S/C13H20BrNO2S/c1-2-18(16,17)9-3-4-12(10-15)11-5-7-13(14)8-6-11/h5-8,12H,2-4,9-10,15H2,1H3. The zero-order valence-electron chi connectivity index (χ0n) is 10.6. The summed E-state index contributed by atoms with van der Waals surface area (Å²) < 4.78 is 23.9. The lowest BCUT2D eigenvalue weighted by atomic mass is 9.95. The molecule has 0 fully saturated rings. The molecule has 0 saturated heterocycles. The third-order valence-corrected chi connectivity index (χ3v) is 5.39. The Morgan fingerprint density at radius 1 is 1.28 bits per heavy atom. The van der Waals surface area contributed by atoms with E-state index in [0.717, 1.165) is 10.9 Å². The summed E-state index contributed by atoms with van der Waals surface area (Å²) in [6.45, 7) is 2.23. The molecule has 2 N–H and O–H groups in total. The lowest BCUT2D eigenvalue weighted by molar-refractivity contribution is 0.581. The molecule has 0 saturated carbocycles. The first-order valence-electron chi connectivity index (χ1n) is 6.14. The van der Waals surface area contributed by atoms with Crippen molar-refractivity contribution in [2.45, 2.75) is 25.7 Å². The first-order chi connectivity index (χ1) is 8.48. The molecule has 1 unspecified atom stereocenters. The van der Waals surface area contributed by atoms with Gasteiger partial charge in [0, 0.05) is 10.2 Å². The van der Waals surface area contributed by atoms with E-state index >= 15 is 0 Å². The van der Waals surface area contributed by atoms with Crippen molar-refractivity contribution in [3.05, 3.63) is 34.3 Å². The van der Waals surface area contributed by atoms with Crippen LogP contribution in [0.2, 0.25) is 0 Å². The summed E-state index contributed by atoms with van der Waals surface area (Å²) >= 11 is 3.39. The zero-order chi connectivity index (χ0) is 13.6. The number of rotatable bonds is 7. The van der Waals surface area contributed by atoms with Crippen LogP contribution < -0.4 is 5.73 Å². The second-order valence-electron chi connectivity index (χ2n) is 4.36. The summed E-state index contributed by atoms with van der Waals surface area (Å²) in [6.07, 6.45) is 1.49. The molecular weight excluding hydrogens is 314 g/mol. The monoisotopic (exact) mass is 333 g/mol. The number of sulfone groups is 1. The highest BCUT2D eigenvalue weighted by molar-refractivity contribution is 9.10. The van der Waals surface area contributed by atoms with E-state index in [1.165, 1.54) is 5.56 Å². The Morgan fingerprint density at radius 2 is 1.89 bits per heavy atom. The van der Waals surface area contributed by atoms with E-state index in [1.54, 1.807) is 6.92 Å². The highest BCUT2D eigenvalue weighted by Gasteiger charge is 2.12. The van der Waals surface area contributed by atoms with Gasteiger partial charge >= 0.3 is 0 Å². The fraction of sp³-hybridized carbons (Fsp3) is 0.538. The maximum atomic E-state index is 11.4. The Morgan fingerprint density at radius 3 is 2.39 bits per heavy atom. The Kier molecular flexibility index (Phi) is 6.32. The minimum Gasteiger partial charge on any atom is -0.330 e. The maximum absolute atomic E-state index is 11.4.